The lowest BCUT2D eigenvalue weighted by atomic mass is 9.87. The number of hydrogen-bond acceptors (Lipinski definition) is 3. The van der Waals surface area contributed by atoms with Crippen molar-refractivity contribution in [1.82, 2.24) is 5.32 Å². The highest BCUT2D eigenvalue weighted by Gasteiger charge is 2.40. The van der Waals surface area contributed by atoms with E-state index in [0.717, 1.165) is 5.56 Å². The molecule has 5 heteroatoms. The molecule has 1 atom stereocenters. The summed E-state index contributed by atoms with van der Waals surface area (Å²) in [6.45, 7) is 2.20. The van der Waals surface area contributed by atoms with Crippen molar-refractivity contribution in [2.45, 2.75) is 25.5 Å². The zero-order chi connectivity index (χ0) is 17.6. The van der Waals surface area contributed by atoms with Gasteiger partial charge in [0.15, 0.2) is 5.54 Å². The summed E-state index contributed by atoms with van der Waals surface area (Å²) in [5, 5.41) is 12.4. The smallest absolute Gasteiger partial charge is 0.334 e. The van der Waals surface area contributed by atoms with Crippen LogP contribution in [0.25, 0.3) is 0 Å². The van der Waals surface area contributed by atoms with Gasteiger partial charge in [0.05, 0.1) is 6.61 Å². The van der Waals surface area contributed by atoms with Gasteiger partial charge in [-0.2, -0.15) is 0 Å². The molecule has 2 N–H and O–H groups in total. The number of ether oxygens (including phenoxy) is 1. The lowest BCUT2D eigenvalue weighted by molar-refractivity contribution is -0.145. The highest BCUT2D eigenvalue weighted by atomic mass is 16.5. The first kappa shape index (κ1) is 17.7. The van der Waals surface area contributed by atoms with Crippen molar-refractivity contribution in [3.63, 3.8) is 0 Å². The van der Waals surface area contributed by atoms with Crippen LogP contribution in [-0.4, -0.2) is 24.1 Å². The van der Waals surface area contributed by atoms with Gasteiger partial charge in [-0.25, -0.2) is 4.79 Å². The van der Waals surface area contributed by atoms with Crippen LogP contribution in [0, 0.1) is 0 Å². The maximum Gasteiger partial charge on any atom is 0.334 e. The van der Waals surface area contributed by atoms with Gasteiger partial charge in [0.2, 0.25) is 0 Å². The number of carbonyl (C=O) groups is 2. The maximum absolute atomic E-state index is 12.6. The fourth-order valence-corrected chi connectivity index (χ4v) is 2.60. The van der Waals surface area contributed by atoms with Crippen molar-refractivity contribution in [3.8, 4) is 0 Å². The molecule has 0 aliphatic heterocycles. The molecule has 5 nitrogen and oxygen atoms in total. The topological polar surface area (TPSA) is 75.6 Å². The van der Waals surface area contributed by atoms with Crippen molar-refractivity contribution in [1.29, 1.82) is 0 Å². The second kappa shape index (κ2) is 7.75. The van der Waals surface area contributed by atoms with E-state index in [0.29, 0.717) is 17.7 Å². The van der Waals surface area contributed by atoms with Crippen LogP contribution in [0.2, 0.25) is 0 Å². The summed E-state index contributed by atoms with van der Waals surface area (Å²) in [5.74, 6) is -1.51. The number of benzene rings is 2. The Morgan fingerprint density at radius 1 is 1.08 bits per heavy atom. The number of amides is 1. The summed E-state index contributed by atoms with van der Waals surface area (Å²) in [6, 6.07) is 15.6. The number of nitrogens with one attached hydrogen (secondary N) is 1. The molecule has 0 aromatic heterocycles. The zero-order valence-electron chi connectivity index (χ0n) is 13.8. The fourth-order valence-electron chi connectivity index (χ4n) is 2.60. The highest BCUT2D eigenvalue weighted by molar-refractivity contribution is 5.98. The zero-order valence-corrected chi connectivity index (χ0v) is 13.8. The molecule has 0 fully saturated rings. The summed E-state index contributed by atoms with van der Waals surface area (Å²) in [6.07, 6.45) is 0.236. The van der Waals surface area contributed by atoms with Gasteiger partial charge in [0, 0.05) is 12.7 Å². The maximum atomic E-state index is 12.6. The number of hydrogen-bond donors (Lipinski definition) is 2. The van der Waals surface area contributed by atoms with Crippen LogP contribution in [-0.2, 0) is 21.7 Å². The monoisotopic (exact) mass is 327 g/mol. The molecule has 2 aromatic rings. The SMILES string of the molecule is CCC(NC(=O)c1ccc(COC)cc1)(C(=O)O)c1ccccc1. The molecule has 1 unspecified atom stereocenters. The molecule has 0 saturated heterocycles. The normalized spacial score (nSPS) is 13.1. The van der Waals surface area contributed by atoms with E-state index >= 15 is 0 Å². The Morgan fingerprint density at radius 3 is 2.21 bits per heavy atom. The molecule has 2 rings (SSSR count). The molecule has 0 aliphatic rings. The Morgan fingerprint density at radius 2 is 1.71 bits per heavy atom. The van der Waals surface area contributed by atoms with Crippen LogP contribution in [0.3, 0.4) is 0 Å². The fraction of sp³-hybridized carbons (Fsp3) is 0.263. The van der Waals surface area contributed by atoms with E-state index in [-0.39, 0.29) is 6.42 Å². The summed E-state index contributed by atoms with van der Waals surface area (Å²) >= 11 is 0. The van der Waals surface area contributed by atoms with Crippen molar-refractivity contribution < 1.29 is 19.4 Å². The standard InChI is InChI=1S/C19H21NO4/c1-3-19(18(22)23,16-7-5-4-6-8-16)20-17(21)15-11-9-14(10-12-15)13-24-2/h4-12H,3,13H2,1-2H3,(H,20,21)(H,22,23). The molecule has 0 spiro atoms. The molecule has 24 heavy (non-hydrogen) atoms. The molecular formula is C19H21NO4. The largest absolute Gasteiger partial charge is 0.479 e. The van der Waals surface area contributed by atoms with Crippen molar-refractivity contribution in [2.75, 3.05) is 7.11 Å². The molecule has 0 saturated carbocycles. The average Bonchev–Trinajstić information content (AvgIpc) is 2.61. The van der Waals surface area contributed by atoms with Crippen LogP contribution in [0.5, 0.6) is 0 Å². The lowest BCUT2D eigenvalue weighted by Crippen LogP contribution is -2.51. The summed E-state index contributed by atoms with van der Waals surface area (Å²) in [7, 11) is 1.60. The summed E-state index contributed by atoms with van der Waals surface area (Å²) in [4.78, 5) is 24.5. The van der Waals surface area contributed by atoms with Gasteiger partial charge in [-0.05, 0) is 29.7 Å². The Balaban J connectivity index is 2.29. The Labute approximate surface area is 141 Å². The minimum atomic E-state index is -1.45. The molecule has 2 aromatic carbocycles. The number of aliphatic carboxylic acids is 1. The molecule has 0 radical (unpaired) electrons. The Hall–Kier alpha value is -2.66. The second-order valence-corrected chi connectivity index (χ2v) is 5.51. The van der Waals surface area contributed by atoms with E-state index in [9.17, 15) is 14.7 Å². The molecule has 1 amide bonds. The molecular weight excluding hydrogens is 306 g/mol. The molecule has 0 heterocycles. The lowest BCUT2D eigenvalue weighted by Gasteiger charge is -2.30. The number of carboxylic acid groups (broad SMARTS) is 1. The Bertz CT molecular complexity index is 697. The van der Waals surface area contributed by atoms with Crippen LogP contribution in [0.15, 0.2) is 54.6 Å². The molecule has 0 bridgehead atoms. The van der Waals surface area contributed by atoms with Crippen molar-refractivity contribution in [2.24, 2.45) is 0 Å². The third kappa shape index (κ3) is 3.63. The van der Waals surface area contributed by atoms with Gasteiger partial charge in [-0.15, -0.1) is 0 Å². The van der Waals surface area contributed by atoms with Crippen LogP contribution in [0.4, 0.5) is 0 Å². The van der Waals surface area contributed by atoms with Crippen LogP contribution in [0.1, 0.15) is 34.8 Å². The third-order valence-electron chi connectivity index (χ3n) is 4.02. The van der Waals surface area contributed by atoms with E-state index in [2.05, 4.69) is 5.32 Å². The first-order valence-corrected chi connectivity index (χ1v) is 7.73. The van der Waals surface area contributed by atoms with Gasteiger partial charge < -0.3 is 15.2 Å². The average molecular weight is 327 g/mol. The van der Waals surface area contributed by atoms with Gasteiger partial charge in [0.1, 0.15) is 0 Å². The van der Waals surface area contributed by atoms with Crippen LogP contribution < -0.4 is 5.32 Å². The summed E-state index contributed by atoms with van der Waals surface area (Å²) < 4.78 is 5.04. The van der Waals surface area contributed by atoms with E-state index in [4.69, 9.17) is 4.74 Å². The number of carboxylic acids is 1. The van der Waals surface area contributed by atoms with Gasteiger partial charge in [0.25, 0.3) is 5.91 Å². The number of methoxy groups -OCH3 is 1. The molecule has 0 aliphatic carbocycles. The van der Waals surface area contributed by atoms with E-state index in [1.54, 1.807) is 62.6 Å². The molecule has 126 valence electrons. The first-order valence-electron chi connectivity index (χ1n) is 7.73. The van der Waals surface area contributed by atoms with E-state index < -0.39 is 17.4 Å². The first-order chi connectivity index (χ1) is 11.5. The second-order valence-electron chi connectivity index (χ2n) is 5.51. The number of rotatable bonds is 7. The minimum Gasteiger partial charge on any atom is -0.479 e. The quantitative estimate of drug-likeness (QED) is 0.820. The minimum absolute atomic E-state index is 0.236. The third-order valence-corrected chi connectivity index (χ3v) is 4.02. The summed E-state index contributed by atoms with van der Waals surface area (Å²) in [5.41, 5.74) is 0.440. The van der Waals surface area contributed by atoms with Crippen LogP contribution >= 0.6 is 0 Å². The van der Waals surface area contributed by atoms with Crippen molar-refractivity contribution in [3.05, 3.63) is 71.3 Å². The number of carbonyl (C=O) groups excluding carboxylic acids is 1. The predicted molar refractivity (Wildman–Crippen MR) is 90.7 cm³/mol. The predicted octanol–water partition coefficient (Wildman–Crippen LogP) is 2.95. The van der Waals surface area contributed by atoms with Gasteiger partial charge >= 0.3 is 5.97 Å². The highest BCUT2D eigenvalue weighted by Crippen LogP contribution is 2.26. The van der Waals surface area contributed by atoms with E-state index in [1.807, 2.05) is 6.07 Å². The van der Waals surface area contributed by atoms with Crippen molar-refractivity contribution >= 4 is 11.9 Å². The Kier molecular flexibility index (Phi) is 5.71. The van der Waals surface area contributed by atoms with E-state index in [1.165, 1.54) is 0 Å². The van der Waals surface area contributed by atoms with Gasteiger partial charge in [-0.1, -0.05) is 49.4 Å². The van der Waals surface area contributed by atoms with Gasteiger partial charge in [-0.3, -0.25) is 4.79 Å².